The molecular formula is C30H36BFN4O6. The fourth-order valence-corrected chi connectivity index (χ4v) is 4.38. The Bertz CT molecular complexity index is 1460. The molecule has 12 heteroatoms. The third-order valence-corrected chi connectivity index (χ3v) is 7.51. The predicted molar refractivity (Wildman–Crippen MR) is 157 cm³/mol. The molecule has 1 saturated heterocycles. The van der Waals surface area contributed by atoms with Crippen LogP contribution in [-0.4, -0.2) is 45.8 Å². The van der Waals surface area contributed by atoms with Gasteiger partial charge in [-0.15, -0.1) is 0 Å². The van der Waals surface area contributed by atoms with Crippen molar-refractivity contribution in [1.29, 1.82) is 0 Å². The van der Waals surface area contributed by atoms with Crippen molar-refractivity contribution in [2.75, 3.05) is 5.32 Å². The molecule has 2 amide bonds. The molecule has 0 bridgehead atoms. The first kappa shape index (κ1) is 30.9. The minimum absolute atomic E-state index is 0.000127. The van der Waals surface area contributed by atoms with Gasteiger partial charge < -0.3 is 19.4 Å². The average molecular weight is 578 g/mol. The Hall–Kier alpha value is -4.03. The van der Waals surface area contributed by atoms with Gasteiger partial charge in [0.1, 0.15) is 30.5 Å². The number of ether oxygens (including phenoxy) is 1. The molecule has 222 valence electrons. The quantitative estimate of drug-likeness (QED) is 0.357. The van der Waals surface area contributed by atoms with Crippen LogP contribution in [0.3, 0.4) is 0 Å². The van der Waals surface area contributed by atoms with Crippen molar-refractivity contribution < 1.29 is 28.0 Å². The summed E-state index contributed by atoms with van der Waals surface area (Å²) in [4.78, 5) is 43.8. The lowest BCUT2D eigenvalue weighted by atomic mass is 9.72. The highest BCUT2D eigenvalue weighted by Crippen LogP contribution is 2.38. The van der Waals surface area contributed by atoms with Crippen LogP contribution in [-0.2, 0) is 32.0 Å². The molecule has 2 N–H and O–H groups in total. The van der Waals surface area contributed by atoms with Gasteiger partial charge in [-0.25, -0.2) is 14.2 Å². The van der Waals surface area contributed by atoms with Gasteiger partial charge in [0.15, 0.2) is 0 Å². The first-order valence-corrected chi connectivity index (χ1v) is 13.8. The molecule has 1 atom stereocenters. The smallest absolute Gasteiger partial charge is 0.444 e. The molecular weight excluding hydrogens is 542 g/mol. The minimum atomic E-state index is -0.857. The molecule has 1 unspecified atom stereocenters. The zero-order chi connectivity index (χ0) is 30.7. The summed E-state index contributed by atoms with van der Waals surface area (Å²) in [7, 11) is -0.710. The number of hydrogen-bond donors (Lipinski definition) is 2. The standard InChI is InChI=1S/C30H36BFN4O6/c1-19(2)25(31-41-29(3,4)30(5,6)42-31)35-24(37)17-36-26(21-12-14-22(32)15-13-21)33-16-23(27(36)38)34-28(39)40-18-20-10-8-7-9-11-20/h7-16,19,25H,17-18H2,1-6H3,(H,34,39)(H,35,37). The minimum Gasteiger partial charge on any atom is -0.444 e. The van der Waals surface area contributed by atoms with Gasteiger partial charge in [-0.2, -0.15) is 0 Å². The normalized spacial score (nSPS) is 16.2. The molecule has 3 aromatic rings. The largest absolute Gasteiger partial charge is 0.482 e. The highest BCUT2D eigenvalue weighted by Gasteiger charge is 2.54. The van der Waals surface area contributed by atoms with Crippen molar-refractivity contribution >= 4 is 24.8 Å². The van der Waals surface area contributed by atoms with E-state index in [2.05, 4.69) is 15.6 Å². The second kappa shape index (κ2) is 12.5. The molecule has 0 radical (unpaired) electrons. The Labute approximate surface area is 244 Å². The lowest BCUT2D eigenvalue weighted by Gasteiger charge is -2.32. The summed E-state index contributed by atoms with van der Waals surface area (Å²) in [6, 6.07) is 14.4. The van der Waals surface area contributed by atoms with E-state index in [1.165, 1.54) is 30.5 Å². The maximum atomic E-state index is 13.6. The van der Waals surface area contributed by atoms with E-state index in [0.717, 1.165) is 10.1 Å². The van der Waals surface area contributed by atoms with Crippen LogP contribution in [0.1, 0.15) is 47.1 Å². The molecule has 1 fully saturated rings. The van der Waals surface area contributed by atoms with E-state index in [-0.39, 0.29) is 24.0 Å². The zero-order valence-electron chi connectivity index (χ0n) is 24.6. The van der Waals surface area contributed by atoms with E-state index in [9.17, 15) is 18.8 Å². The van der Waals surface area contributed by atoms with E-state index in [4.69, 9.17) is 14.0 Å². The Morgan fingerprint density at radius 1 is 1.02 bits per heavy atom. The third kappa shape index (κ3) is 7.06. The first-order valence-electron chi connectivity index (χ1n) is 13.8. The van der Waals surface area contributed by atoms with E-state index in [1.807, 2.05) is 59.7 Å². The molecule has 1 aliphatic heterocycles. The Morgan fingerprint density at radius 3 is 2.24 bits per heavy atom. The first-order chi connectivity index (χ1) is 19.8. The molecule has 1 aliphatic rings. The average Bonchev–Trinajstić information content (AvgIpc) is 3.15. The molecule has 0 aliphatic carbocycles. The van der Waals surface area contributed by atoms with E-state index in [1.54, 1.807) is 12.1 Å². The van der Waals surface area contributed by atoms with Crippen LogP contribution in [0.2, 0.25) is 0 Å². The highest BCUT2D eigenvalue weighted by molar-refractivity contribution is 6.48. The second-order valence-electron chi connectivity index (χ2n) is 11.5. The topological polar surface area (TPSA) is 121 Å². The third-order valence-electron chi connectivity index (χ3n) is 7.51. The summed E-state index contributed by atoms with van der Waals surface area (Å²) in [5.41, 5.74) is -0.882. The van der Waals surface area contributed by atoms with Crippen LogP contribution >= 0.6 is 0 Å². The van der Waals surface area contributed by atoms with Crippen LogP contribution < -0.4 is 16.2 Å². The number of hydrogen-bond acceptors (Lipinski definition) is 7. The fraction of sp³-hybridized carbons (Fsp3) is 0.400. The number of benzene rings is 2. The number of amides is 2. The van der Waals surface area contributed by atoms with Crippen LogP contribution in [0.5, 0.6) is 0 Å². The number of nitrogens with zero attached hydrogens (tertiary/aromatic N) is 2. The molecule has 2 aromatic carbocycles. The van der Waals surface area contributed by atoms with Gasteiger partial charge in [-0.3, -0.25) is 19.5 Å². The van der Waals surface area contributed by atoms with Crippen LogP contribution in [0, 0.1) is 11.7 Å². The van der Waals surface area contributed by atoms with Crippen LogP contribution in [0.15, 0.2) is 65.6 Å². The summed E-state index contributed by atoms with van der Waals surface area (Å²) in [6.45, 7) is 11.1. The SMILES string of the molecule is CC(C)C(NC(=O)Cn1c(-c2ccc(F)cc2)ncc(NC(=O)OCc2ccccc2)c1=O)B1OC(C)(C)C(C)(C)O1. The number of nitrogens with one attached hydrogen (secondary N) is 2. The lowest BCUT2D eigenvalue weighted by Crippen LogP contribution is -2.52. The van der Waals surface area contributed by atoms with Gasteiger partial charge in [0, 0.05) is 5.56 Å². The predicted octanol–water partition coefficient (Wildman–Crippen LogP) is 4.57. The van der Waals surface area contributed by atoms with Gasteiger partial charge in [0.25, 0.3) is 5.56 Å². The summed E-state index contributed by atoms with van der Waals surface area (Å²) in [6.07, 6.45) is 0.324. The highest BCUT2D eigenvalue weighted by atomic mass is 19.1. The Kier molecular flexibility index (Phi) is 9.17. The molecule has 0 spiro atoms. The number of carbonyl (C=O) groups excluding carboxylic acids is 2. The molecule has 2 heterocycles. The Balaban J connectivity index is 1.58. The van der Waals surface area contributed by atoms with Crippen molar-refractivity contribution in [3.05, 3.63) is 82.5 Å². The maximum absolute atomic E-state index is 13.6. The molecule has 10 nitrogen and oxygen atoms in total. The van der Waals surface area contributed by atoms with Crippen LogP contribution in [0.4, 0.5) is 14.9 Å². The van der Waals surface area contributed by atoms with E-state index < -0.39 is 54.2 Å². The summed E-state index contributed by atoms with van der Waals surface area (Å²) < 4.78 is 32.3. The van der Waals surface area contributed by atoms with Crippen molar-refractivity contribution in [1.82, 2.24) is 14.9 Å². The number of rotatable bonds is 9. The van der Waals surface area contributed by atoms with Gasteiger partial charge in [0.2, 0.25) is 5.91 Å². The van der Waals surface area contributed by atoms with Crippen molar-refractivity contribution in [2.45, 2.75) is 71.8 Å². The van der Waals surface area contributed by atoms with Crippen molar-refractivity contribution in [2.24, 2.45) is 5.92 Å². The van der Waals surface area contributed by atoms with Gasteiger partial charge in [-0.05, 0) is 63.4 Å². The van der Waals surface area contributed by atoms with Gasteiger partial charge in [-0.1, -0.05) is 44.2 Å². The molecule has 42 heavy (non-hydrogen) atoms. The summed E-state index contributed by atoms with van der Waals surface area (Å²) in [5, 5.41) is 5.36. The number of anilines is 1. The van der Waals surface area contributed by atoms with Gasteiger partial charge in [0.05, 0.1) is 23.3 Å². The summed E-state index contributed by atoms with van der Waals surface area (Å²) in [5.74, 6) is -1.44. The zero-order valence-corrected chi connectivity index (χ0v) is 24.6. The monoisotopic (exact) mass is 578 g/mol. The molecule has 0 saturated carbocycles. The summed E-state index contributed by atoms with van der Waals surface area (Å²) >= 11 is 0. The Morgan fingerprint density at radius 2 is 1.64 bits per heavy atom. The van der Waals surface area contributed by atoms with E-state index in [0.29, 0.717) is 5.56 Å². The second-order valence-corrected chi connectivity index (χ2v) is 11.5. The molecule has 1 aromatic heterocycles. The van der Waals surface area contributed by atoms with Crippen molar-refractivity contribution in [3.8, 4) is 11.4 Å². The van der Waals surface area contributed by atoms with Gasteiger partial charge >= 0.3 is 13.2 Å². The lowest BCUT2D eigenvalue weighted by molar-refractivity contribution is -0.122. The number of halogens is 1. The molecule has 4 rings (SSSR count). The van der Waals surface area contributed by atoms with Crippen LogP contribution in [0.25, 0.3) is 11.4 Å². The fourth-order valence-electron chi connectivity index (χ4n) is 4.38. The number of aromatic nitrogens is 2. The van der Waals surface area contributed by atoms with Crippen molar-refractivity contribution in [3.63, 3.8) is 0 Å². The maximum Gasteiger partial charge on any atom is 0.482 e. The number of carbonyl (C=O) groups is 2. The van der Waals surface area contributed by atoms with E-state index >= 15 is 0 Å².